The number of hydrogen-bond acceptors (Lipinski definition) is 2. The van der Waals surface area contributed by atoms with Crippen molar-refractivity contribution in [2.24, 2.45) is 0 Å². The molecule has 6 heteroatoms. The molecule has 0 spiro atoms. The molecule has 0 saturated heterocycles. The van der Waals surface area contributed by atoms with E-state index in [0.717, 1.165) is 18.2 Å². The summed E-state index contributed by atoms with van der Waals surface area (Å²) in [5, 5.41) is 11.8. The van der Waals surface area contributed by atoms with Crippen molar-refractivity contribution >= 4 is 27.6 Å². The van der Waals surface area contributed by atoms with Gasteiger partial charge in [0.05, 0.1) is 5.56 Å². The van der Waals surface area contributed by atoms with E-state index in [-0.39, 0.29) is 17.7 Å². The Hall–Kier alpha value is -1.95. The minimum atomic E-state index is -1.04. The molecule has 0 aromatic heterocycles. The molecule has 3 nitrogen and oxygen atoms in total. The summed E-state index contributed by atoms with van der Waals surface area (Å²) in [5.74, 6) is -2.05. The predicted octanol–water partition coefficient (Wildman–Crippen LogP) is 4.04. The standard InChI is InChI=1S/C14H10BrF2NO2/c15-12-6-10(2-3-11(12)14(19)20)18-7-8-5-9(16)1-4-13(8)17/h1-6,18H,7H2,(H,19,20). The third kappa shape index (κ3) is 3.33. The molecule has 104 valence electrons. The fourth-order valence-corrected chi connectivity index (χ4v) is 2.22. The van der Waals surface area contributed by atoms with E-state index >= 15 is 0 Å². The van der Waals surface area contributed by atoms with Crippen LogP contribution in [0.3, 0.4) is 0 Å². The Morgan fingerprint density at radius 3 is 2.60 bits per heavy atom. The highest BCUT2D eigenvalue weighted by molar-refractivity contribution is 9.10. The lowest BCUT2D eigenvalue weighted by molar-refractivity contribution is 0.0696. The van der Waals surface area contributed by atoms with Gasteiger partial charge in [0.25, 0.3) is 0 Å². The zero-order valence-electron chi connectivity index (χ0n) is 10.2. The first-order valence-corrected chi connectivity index (χ1v) is 6.47. The molecule has 0 bridgehead atoms. The van der Waals surface area contributed by atoms with Gasteiger partial charge < -0.3 is 10.4 Å². The molecule has 0 heterocycles. The molecule has 0 aliphatic carbocycles. The summed E-state index contributed by atoms with van der Waals surface area (Å²) in [6.45, 7) is 0.0997. The second kappa shape index (κ2) is 6.00. The average molecular weight is 342 g/mol. The van der Waals surface area contributed by atoms with Gasteiger partial charge >= 0.3 is 5.97 Å². The van der Waals surface area contributed by atoms with E-state index < -0.39 is 17.6 Å². The third-order valence-corrected chi connectivity index (χ3v) is 3.35. The van der Waals surface area contributed by atoms with Gasteiger partial charge in [-0.15, -0.1) is 0 Å². The molecular weight excluding hydrogens is 332 g/mol. The normalized spacial score (nSPS) is 10.3. The van der Waals surface area contributed by atoms with Crippen molar-refractivity contribution in [1.29, 1.82) is 0 Å². The van der Waals surface area contributed by atoms with Gasteiger partial charge in [-0.2, -0.15) is 0 Å². The monoisotopic (exact) mass is 341 g/mol. The number of nitrogens with one attached hydrogen (secondary N) is 1. The predicted molar refractivity (Wildman–Crippen MR) is 74.8 cm³/mol. The first kappa shape index (κ1) is 14.5. The van der Waals surface area contributed by atoms with E-state index in [1.54, 1.807) is 12.1 Å². The molecule has 0 aliphatic rings. The molecule has 2 aromatic carbocycles. The van der Waals surface area contributed by atoms with Crippen molar-refractivity contribution in [3.63, 3.8) is 0 Å². The number of hydrogen-bond donors (Lipinski definition) is 2. The number of halogens is 3. The number of carbonyl (C=O) groups is 1. The van der Waals surface area contributed by atoms with Crippen LogP contribution in [0.2, 0.25) is 0 Å². The van der Waals surface area contributed by atoms with Gasteiger partial charge in [0.15, 0.2) is 0 Å². The van der Waals surface area contributed by atoms with Gasteiger partial charge in [-0.25, -0.2) is 13.6 Å². The number of aromatic carboxylic acids is 1. The summed E-state index contributed by atoms with van der Waals surface area (Å²) in [6.07, 6.45) is 0. The molecule has 2 rings (SSSR count). The Balaban J connectivity index is 2.13. The number of carboxylic acid groups (broad SMARTS) is 1. The molecule has 2 aromatic rings. The van der Waals surface area contributed by atoms with Crippen molar-refractivity contribution in [3.8, 4) is 0 Å². The second-order valence-electron chi connectivity index (χ2n) is 4.09. The fourth-order valence-electron chi connectivity index (χ4n) is 1.67. The zero-order chi connectivity index (χ0) is 14.7. The quantitative estimate of drug-likeness (QED) is 0.882. The van der Waals surface area contributed by atoms with Crippen molar-refractivity contribution < 1.29 is 18.7 Å². The van der Waals surface area contributed by atoms with E-state index in [4.69, 9.17) is 5.11 Å². The van der Waals surface area contributed by atoms with Crippen molar-refractivity contribution in [3.05, 3.63) is 63.6 Å². The lowest BCUT2D eigenvalue weighted by Crippen LogP contribution is -2.04. The summed E-state index contributed by atoms with van der Waals surface area (Å²) >= 11 is 3.15. The third-order valence-electron chi connectivity index (χ3n) is 2.69. The molecule has 0 atom stereocenters. The molecule has 0 unspecified atom stereocenters. The van der Waals surface area contributed by atoms with Gasteiger partial charge in [-0.05, 0) is 52.3 Å². The van der Waals surface area contributed by atoms with Crippen LogP contribution in [-0.2, 0) is 6.54 Å². The Kier molecular flexibility index (Phi) is 4.34. The number of carboxylic acids is 1. The summed E-state index contributed by atoms with van der Waals surface area (Å²) in [7, 11) is 0. The average Bonchev–Trinajstić information content (AvgIpc) is 2.39. The molecule has 0 saturated carbocycles. The Bertz CT molecular complexity index is 662. The summed E-state index contributed by atoms with van der Waals surface area (Å²) in [5.41, 5.74) is 0.932. The first-order valence-electron chi connectivity index (χ1n) is 5.68. The molecule has 2 N–H and O–H groups in total. The number of benzene rings is 2. The summed E-state index contributed by atoms with van der Waals surface area (Å²) in [6, 6.07) is 7.79. The van der Waals surface area contributed by atoms with E-state index in [0.29, 0.717) is 10.2 Å². The molecular formula is C14H10BrF2NO2. The van der Waals surface area contributed by atoms with Crippen LogP contribution in [0.4, 0.5) is 14.5 Å². The van der Waals surface area contributed by atoms with Gasteiger partial charge in [0.2, 0.25) is 0 Å². The SMILES string of the molecule is O=C(O)c1ccc(NCc2cc(F)ccc2F)cc1Br. The lowest BCUT2D eigenvalue weighted by atomic mass is 10.2. The van der Waals surface area contributed by atoms with Crippen LogP contribution in [-0.4, -0.2) is 11.1 Å². The van der Waals surface area contributed by atoms with Crippen LogP contribution in [0.25, 0.3) is 0 Å². The number of rotatable bonds is 4. The van der Waals surface area contributed by atoms with E-state index in [1.165, 1.54) is 6.07 Å². The Labute approximate surface area is 122 Å². The zero-order valence-corrected chi connectivity index (χ0v) is 11.7. The molecule has 20 heavy (non-hydrogen) atoms. The summed E-state index contributed by atoms with van der Waals surface area (Å²) < 4.78 is 26.9. The smallest absolute Gasteiger partial charge is 0.336 e. The van der Waals surface area contributed by atoms with Crippen molar-refractivity contribution in [2.75, 3.05) is 5.32 Å². The Morgan fingerprint density at radius 1 is 1.20 bits per heavy atom. The highest BCUT2D eigenvalue weighted by Crippen LogP contribution is 2.22. The Morgan fingerprint density at radius 2 is 1.95 bits per heavy atom. The fraction of sp³-hybridized carbons (Fsp3) is 0.0714. The van der Waals surface area contributed by atoms with Crippen LogP contribution in [0.1, 0.15) is 15.9 Å². The minimum Gasteiger partial charge on any atom is -0.478 e. The van der Waals surface area contributed by atoms with Crippen LogP contribution in [0.15, 0.2) is 40.9 Å². The first-order chi connectivity index (χ1) is 9.47. The molecule has 0 fully saturated rings. The maximum Gasteiger partial charge on any atom is 0.336 e. The minimum absolute atomic E-state index is 0.0997. The van der Waals surface area contributed by atoms with E-state index in [9.17, 15) is 13.6 Å². The topological polar surface area (TPSA) is 49.3 Å². The molecule has 0 aliphatic heterocycles. The van der Waals surface area contributed by atoms with E-state index in [1.807, 2.05) is 0 Å². The van der Waals surface area contributed by atoms with Gasteiger partial charge in [-0.1, -0.05) is 0 Å². The largest absolute Gasteiger partial charge is 0.478 e. The number of anilines is 1. The van der Waals surface area contributed by atoms with Crippen molar-refractivity contribution in [2.45, 2.75) is 6.54 Å². The molecule has 0 amide bonds. The highest BCUT2D eigenvalue weighted by atomic mass is 79.9. The van der Waals surface area contributed by atoms with Gasteiger partial charge in [0.1, 0.15) is 11.6 Å². The highest BCUT2D eigenvalue weighted by Gasteiger charge is 2.09. The second-order valence-corrected chi connectivity index (χ2v) is 4.94. The summed E-state index contributed by atoms with van der Waals surface area (Å²) in [4.78, 5) is 10.9. The maximum absolute atomic E-state index is 13.4. The van der Waals surface area contributed by atoms with Crippen LogP contribution in [0, 0.1) is 11.6 Å². The lowest BCUT2D eigenvalue weighted by Gasteiger charge is -2.09. The van der Waals surface area contributed by atoms with Crippen LogP contribution < -0.4 is 5.32 Å². The van der Waals surface area contributed by atoms with E-state index in [2.05, 4.69) is 21.2 Å². The molecule has 0 radical (unpaired) electrons. The van der Waals surface area contributed by atoms with Crippen molar-refractivity contribution in [1.82, 2.24) is 0 Å². The van der Waals surface area contributed by atoms with Gasteiger partial charge in [0, 0.05) is 22.3 Å². The van der Waals surface area contributed by atoms with Gasteiger partial charge in [-0.3, -0.25) is 0 Å². The maximum atomic E-state index is 13.4. The van der Waals surface area contributed by atoms with Crippen LogP contribution in [0.5, 0.6) is 0 Å². The van der Waals surface area contributed by atoms with Crippen LogP contribution >= 0.6 is 15.9 Å².